The molecular formula is C18H35N2+. The van der Waals surface area contributed by atoms with Crippen molar-refractivity contribution in [2.45, 2.75) is 54.0 Å². The molecule has 1 aromatic rings. The molecule has 0 aliphatic rings. The second kappa shape index (κ2) is 8.43. The fourth-order valence-electron chi connectivity index (χ4n) is 2.64. The van der Waals surface area contributed by atoms with E-state index >= 15 is 0 Å². The first-order chi connectivity index (χ1) is 9.26. The first-order valence-electron chi connectivity index (χ1n) is 7.96. The Labute approximate surface area is 126 Å². The Morgan fingerprint density at radius 1 is 0.900 bits per heavy atom. The summed E-state index contributed by atoms with van der Waals surface area (Å²) < 4.78 is 1.28. The van der Waals surface area contributed by atoms with Gasteiger partial charge in [0.2, 0.25) is 0 Å². The smallest absolute Gasteiger partial charge is 0.0757 e. The third-order valence-corrected chi connectivity index (χ3v) is 4.52. The number of quaternary nitrogens is 1. The molecule has 0 saturated heterocycles. The van der Waals surface area contributed by atoms with Crippen LogP contribution in [0.1, 0.15) is 52.7 Å². The second-order valence-corrected chi connectivity index (χ2v) is 6.14. The highest BCUT2D eigenvalue weighted by atomic mass is 15.3. The van der Waals surface area contributed by atoms with Gasteiger partial charge in [0.05, 0.1) is 26.2 Å². The Bertz CT molecular complexity index is 356. The molecule has 0 aliphatic heterocycles. The summed E-state index contributed by atoms with van der Waals surface area (Å²) in [6.45, 7) is 20.4. The van der Waals surface area contributed by atoms with E-state index in [0.717, 1.165) is 0 Å². The van der Waals surface area contributed by atoms with Crippen LogP contribution < -0.4 is 5.73 Å². The van der Waals surface area contributed by atoms with Gasteiger partial charge < -0.3 is 10.2 Å². The lowest BCUT2D eigenvalue weighted by Crippen LogP contribution is -2.47. The quantitative estimate of drug-likeness (QED) is 0.808. The highest BCUT2D eigenvalue weighted by molar-refractivity contribution is 5.30. The molecule has 0 aliphatic carbocycles. The van der Waals surface area contributed by atoms with E-state index in [2.05, 4.69) is 46.8 Å². The zero-order valence-corrected chi connectivity index (χ0v) is 14.7. The first kappa shape index (κ1) is 19.1. The molecule has 2 nitrogen and oxygen atoms in total. The van der Waals surface area contributed by atoms with Crippen LogP contribution in [0.25, 0.3) is 0 Å². The number of aryl methyl sites for hydroxylation is 1. The molecule has 1 rings (SSSR count). The van der Waals surface area contributed by atoms with Crippen molar-refractivity contribution >= 4 is 0 Å². The van der Waals surface area contributed by atoms with Gasteiger partial charge in [-0.2, -0.15) is 0 Å². The maximum absolute atomic E-state index is 5.96. The highest BCUT2D eigenvalue weighted by Crippen LogP contribution is 2.19. The molecule has 0 heterocycles. The topological polar surface area (TPSA) is 26.0 Å². The zero-order valence-electron chi connectivity index (χ0n) is 14.7. The van der Waals surface area contributed by atoms with Gasteiger partial charge in [-0.25, -0.2) is 0 Å². The molecule has 0 amide bonds. The van der Waals surface area contributed by atoms with Gasteiger partial charge in [0.1, 0.15) is 0 Å². The molecule has 20 heavy (non-hydrogen) atoms. The molecule has 0 unspecified atom stereocenters. The van der Waals surface area contributed by atoms with E-state index in [4.69, 9.17) is 5.73 Å². The molecule has 116 valence electrons. The lowest BCUT2D eigenvalue weighted by molar-refractivity contribution is -0.921. The van der Waals surface area contributed by atoms with Crippen molar-refractivity contribution < 1.29 is 4.48 Å². The van der Waals surface area contributed by atoms with E-state index < -0.39 is 0 Å². The van der Waals surface area contributed by atoms with Crippen molar-refractivity contribution in [2.24, 2.45) is 5.73 Å². The summed E-state index contributed by atoms with van der Waals surface area (Å²) in [5, 5.41) is 0. The number of rotatable bonds is 5. The number of hydrogen-bond donors (Lipinski definition) is 1. The Kier molecular flexibility index (Phi) is 8.07. The van der Waals surface area contributed by atoms with E-state index in [0.29, 0.717) is 0 Å². The minimum atomic E-state index is -0.217. The van der Waals surface area contributed by atoms with Crippen LogP contribution in [0.15, 0.2) is 24.3 Å². The van der Waals surface area contributed by atoms with Crippen LogP contribution in [0.3, 0.4) is 0 Å². The summed E-state index contributed by atoms with van der Waals surface area (Å²) in [5.41, 5.74) is 8.23. The van der Waals surface area contributed by atoms with Crippen molar-refractivity contribution in [3.63, 3.8) is 0 Å². The fourth-order valence-corrected chi connectivity index (χ4v) is 2.64. The summed E-state index contributed by atoms with van der Waals surface area (Å²) in [6, 6.07) is 8.22. The Hall–Kier alpha value is -0.860. The molecule has 0 bridgehead atoms. The number of hydrogen-bond acceptors (Lipinski definition) is 1. The number of benzene rings is 1. The summed E-state index contributed by atoms with van der Waals surface area (Å²) in [4.78, 5) is 0. The largest absolute Gasteiger partial charge is 0.325 e. The van der Waals surface area contributed by atoms with Gasteiger partial charge in [0.15, 0.2) is 0 Å². The summed E-state index contributed by atoms with van der Waals surface area (Å²) in [7, 11) is 0. The molecule has 2 N–H and O–H groups in total. The van der Waals surface area contributed by atoms with Crippen LogP contribution >= 0.6 is 0 Å². The molecule has 0 saturated carbocycles. The van der Waals surface area contributed by atoms with E-state index in [-0.39, 0.29) is 5.54 Å². The predicted molar refractivity (Wildman–Crippen MR) is 90.8 cm³/mol. The average Bonchev–Trinajstić information content (AvgIpc) is 2.42. The maximum atomic E-state index is 5.96. The Balaban J connectivity index is 0.000000370. The van der Waals surface area contributed by atoms with Crippen molar-refractivity contribution in [3.05, 3.63) is 35.4 Å². The molecule has 0 radical (unpaired) electrons. The van der Waals surface area contributed by atoms with Crippen LogP contribution in [-0.2, 0) is 5.54 Å². The van der Waals surface area contributed by atoms with Crippen LogP contribution in [0.5, 0.6) is 0 Å². The monoisotopic (exact) mass is 279 g/mol. The van der Waals surface area contributed by atoms with Gasteiger partial charge in [-0.1, -0.05) is 24.3 Å². The lowest BCUT2D eigenvalue weighted by atomic mass is 9.92. The SMILES string of the molecule is CC[N+](CC)(CC)CC.Cc1ccccc1C(C)(C)N. The number of nitrogens with two attached hydrogens (primary N) is 1. The van der Waals surface area contributed by atoms with Gasteiger partial charge >= 0.3 is 0 Å². The van der Waals surface area contributed by atoms with Gasteiger partial charge in [-0.3, -0.25) is 0 Å². The summed E-state index contributed by atoms with van der Waals surface area (Å²) in [6.07, 6.45) is 0. The minimum Gasteiger partial charge on any atom is -0.325 e. The molecule has 1 aromatic carbocycles. The standard InChI is InChI=1S/C10H15N.C8H20N/c1-8-6-4-5-7-9(8)10(2,3)11;1-5-9(6-2,7-3)8-4/h4-7H,11H2,1-3H3;5-8H2,1-4H3/q;+1. The van der Waals surface area contributed by atoms with Gasteiger partial charge in [-0.15, -0.1) is 0 Å². The van der Waals surface area contributed by atoms with E-state index in [1.807, 2.05) is 26.0 Å². The lowest BCUT2D eigenvalue weighted by Gasteiger charge is -2.34. The highest BCUT2D eigenvalue weighted by Gasteiger charge is 2.16. The van der Waals surface area contributed by atoms with E-state index in [1.165, 1.54) is 41.8 Å². The van der Waals surface area contributed by atoms with Crippen LogP contribution in [-0.4, -0.2) is 30.7 Å². The summed E-state index contributed by atoms with van der Waals surface area (Å²) in [5.74, 6) is 0. The predicted octanol–water partition coefficient (Wildman–Crippen LogP) is 4.07. The third-order valence-electron chi connectivity index (χ3n) is 4.52. The van der Waals surface area contributed by atoms with Crippen molar-refractivity contribution in [1.82, 2.24) is 0 Å². The van der Waals surface area contributed by atoms with Crippen LogP contribution in [0, 0.1) is 6.92 Å². The van der Waals surface area contributed by atoms with Gasteiger partial charge in [-0.05, 0) is 59.6 Å². The van der Waals surface area contributed by atoms with Gasteiger partial charge in [0.25, 0.3) is 0 Å². The minimum absolute atomic E-state index is 0.217. The Morgan fingerprint density at radius 3 is 1.50 bits per heavy atom. The molecule has 0 fully saturated rings. The van der Waals surface area contributed by atoms with Crippen molar-refractivity contribution in [1.29, 1.82) is 0 Å². The second-order valence-electron chi connectivity index (χ2n) is 6.14. The molecule has 0 aromatic heterocycles. The third kappa shape index (κ3) is 5.64. The van der Waals surface area contributed by atoms with Crippen molar-refractivity contribution in [2.75, 3.05) is 26.2 Å². The molecule has 0 atom stereocenters. The fraction of sp³-hybridized carbons (Fsp3) is 0.667. The normalized spacial score (nSPS) is 11.8. The van der Waals surface area contributed by atoms with E-state index in [1.54, 1.807) is 0 Å². The first-order valence-corrected chi connectivity index (χ1v) is 7.96. The molecule has 0 spiro atoms. The van der Waals surface area contributed by atoms with Gasteiger partial charge in [0, 0.05) is 5.54 Å². The van der Waals surface area contributed by atoms with Crippen LogP contribution in [0.4, 0.5) is 0 Å². The zero-order chi connectivity index (χ0) is 15.8. The van der Waals surface area contributed by atoms with Crippen molar-refractivity contribution in [3.8, 4) is 0 Å². The molecular weight excluding hydrogens is 244 g/mol. The Morgan fingerprint density at radius 2 is 1.30 bits per heavy atom. The van der Waals surface area contributed by atoms with E-state index in [9.17, 15) is 0 Å². The average molecular weight is 279 g/mol. The number of nitrogens with zero attached hydrogens (tertiary/aromatic N) is 1. The maximum Gasteiger partial charge on any atom is 0.0757 e. The van der Waals surface area contributed by atoms with Crippen LogP contribution in [0.2, 0.25) is 0 Å². The summed E-state index contributed by atoms with van der Waals surface area (Å²) >= 11 is 0. The molecule has 2 heteroatoms.